The first kappa shape index (κ1) is 7.12. The number of rotatable bonds is 1. The molecule has 0 aromatic rings. The van der Waals surface area contributed by atoms with Gasteiger partial charge in [-0.15, -0.1) is 0 Å². The lowest BCUT2D eigenvalue weighted by molar-refractivity contribution is 0.191. The van der Waals surface area contributed by atoms with Crippen molar-refractivity contribution >= 4 is 6.03 Å². The molecule has 0 aromatic heterocycles. The largest absolute Gasteiger partial charge is 0.321 e. The fraction of sp³-hybridized carbons (Fsp3) is 0.571. The van der Waals surface area contributed by atoms with Gasteiger partial charge >= 0.3 is 6.03 Å². The smallest absolute Gasteiger partial charge is 0.318 e. The molecule has 1 heterocycles. The van der Waals surface area contributed by atoms with Crippen molar-refractivity contribution in [3.05, 3.63) is 12.3 Å². The van der Waals surface area contributed by atoms with Crippen LogP contribution >= 0.6 is 0 Å². The standard InChI is InChI=1S/C7H12N2O/c1-6(2)9-5-3-4-8-7(9)10/h3-4,6H,5H2,1-2H3,(H,8,10). The predicted octanol–water partition coefficient (Wildman–Crippen LogP) is 0.934. The van der Waals surface area contributed by atoms with Gasteiger partial charge in [0.05, 0.1) is 0 Å². The maximum absolute atomic E-state index is 11.0. The molecule has 0 atom stereocenters. The Morgan fingerprint density at radius 3 is 2.80 bits per heavy atom. The molecule has 1 aliphatic rings. The monoisotopic (exact) mass is 140 g/mol. The Kier molecular flexibility index (Phi) is 1.94. The summed E-state index contributed by atoms with van der Waals surface area (Å²) in [5.41, 5.74) is 0. The molecule has 1 rings (SSSR count). The number of nitrogens with one attached hydrogen (secondary N) is 1. The van der Waals surface area contributed by atoms with Gasteiger partial charge in [-0.2, -0.15) is 0 Å². The Hall–Kier alpha value is -0.990. The van der Waals surface area contributed by atoms with Gasteiger partial charge in [-0.1, -0.05) is 0 Å². The fourth-order valence-corrected chi connectivity index (χ4v) is 0.908. The third-order valence-corrected chi connectivity index (χ3v) is 1.51. The molecule has 0 spiro atoms. The highest BCUT2D eigenvalue weighted by Gasteiger charge is 2.15. The predicted molar refractivity (Wildman–Crippen MR) is 39.5 cm³/mol. The van der Waals surface area contributed by atoms with E-state index in [1.54, 1.807) is 11.1 Å². The van der Waals surface area contributed by atoms with Crippen molar-refractivity contribution in [2.24, 2.45) is 0 Å². The van der Waals surface area contributed by atoms with Gasteiger partial charge in [0.25, 0.3) is 0 Å². The van der Waals surface area contributed by atoms with E-state index < -0.39 is 0 Å². The van der Waals surface area contributed by atoms with Crippen LogP contribution in [0.2, 0.25) is 0 Å². The highest BCUT2D eigenvalue weighted by molar-refractivity contribution is 5.76. The third kappa shape index (κ3) is 1.29. The summed E-state index contributed by atoms with van der Waals surface area (Å²) in [4.78, 5) is 12.8. The van der Waals surface area contributed by atoms with Gasteiger partial charge < -0.3 is 10.2 Å². The van der Waals surface area contributed by atoms with Crippen LogP contribution in [0, 0.1) is 0 Å². The number of amides is 2. The van der Waals surface area contributed by atoms with E-state index >= 15 is 0 Å². The second-order valence-corrected chi connectivity index (χ2v) is 2.60. The van der Waals surface area contributed by atoms with Gasteiger partial charge in [0.1, 0.15) is 0 Å². The topological polar surface area (TPSA) is 32.3 Å². The van der Waals surface area contributed by atoms with E-state index in [2.05, 4.69) is 5.32 Å². The van der Waals surface area contributed by atoms with Gasteiger partial charge in [-0.3, -0.25) is 0 Å². The van der Waals surface area contributed by atoms with Gasteiger partial charge in [-0.25, -0.2) is 4.79 Å². The molecule has 56 valence electrons. The molecule has 3 heteroatoms. The van der Waals surface area contributed by atoms with Crippen LogP contribution in [0.4, 0.5) is 4.79 Å². The molecule has 1 aliphatic heterocycles. The molecule has 0 saturated heterocycles. The van der Waals surface area contributed by atoms with Crippen molar-refractivity contribution < 1.29 is 4.79 Å². The third-order valence-electron chi connectivity index (χ3n) is 1.51. The first-order valence-electron chi connectivity index (χ1n) is 3.44. The zero-order chi connectivity index (χ0) is 7.56. The Morgan fingerprint density at radius 2 is 2.40 bits per heavy atom. The Bertz CT molecular complexity index is 163. The first-order chi connectivity index (χ1) is 4.72. The normalized spacial score (nSPS) is 17.9. The van der Waals surface area contributed by atoms with Crippen molar-refractivity contribution in [1.29, 1.82) is 0 Å². The number of hydrogen-bond donors (Lipinski definition) is 1. The van der Waals surface area contributed by atoms with Crippen LogP contribution < -0.4 is 5.32 Å². The lowest BCUT2D eigenvalue weighted by Gasteiger charge is -2.27. The average molecular weight is 140 g/mol. The van der Waals surface area contributed by atoms with Crippen LogP contribution in [0.3, 0.4) is 0 Å². The van der Waals surface area contributed by atoms with Crippen LogP contribution in [-0.4, -0.2) is 23.5 Å². The van der Waals surface area contributed by atoms with Gasteiger partial charge in [0.2, 0.25) is 0 Å². The minimum Gasteiger partial charge on any atom is -0.318 e. The molecule has 0 radical (unpaired) electrons. The lowest BCUT2D eigenvalue weighted by atomic mass is 10.3. The lowest BCUT2D eigenvalue weighted by Crippen LogP contribution is -2.44. The number of urea groups is 1. The molecule has 0 saturated carbocycles. The van der Waals surface area contributed by atoms with Gasteiger partial charge in [0.15, 0.2) is 0 Å². The van der Waals surface area contributed by atoms with E-state index in [0.717, 1.165) is 6.54 Å². The van der Waals surface area contributed by atoms with E-state index in [9.17, 15) is 4.79 Å². The summed E-state index contributed by atoms with van der Waals surface area (Å²) in [5.74, 6) is 0. The molecule has 0 aromatic carbocycles. The minimum absolute atomic E-state index is 0.00231. The molecular weight excluding hydrogens is 128 g/mol. The van der Waals surface area contributed by atoms with Crippen LogP contribution in [0.25, 0.3) is 0 Å². The summed E-state index contributed by atoms with van der Waals surface area (Å²) in [5, 5.41) is 2.62. The minimum atomic E-state index is -0.00231. The van der Waals surface area contributed by atoms with Gasteiger partial charge in [0, 0.05) is 18.8 Å². The van der Waals surface area contributed by atoms with E-state index in [0.29, 0.717) is 0 Å². The second kappa shape index (κ2) is 2.73. The summed E-state index contributed by atoms with van der Waals surface area (Å²) in [6.07, 6.45) is 3.61. The molecule has 0 bridgehead atoms. The van der Waals surface area contributed by atoms with Crippen LogP contribution in [0.15, 0.2) is 12.3 Å². The molecule has 1 N–H and O–H groups in total. The van der Waals surface area contributed by atoms with Crippen molar-refractivity contribution in [3.63, 3.8) is 0 Å². The number of carbonyl (C=O) groups is 1. The Labute approximate surface area is 60.7 Å². The van der Waals surface area contributed by atoms with Crippen LogP contribution in [0.5, 0.6) is 0 Å². The maximum atomic E-state index is 11.0. The molecule has 2 amide bonds. The summed E-state index contributed by atoms with van der Waals surface area (Å²) < 4.78 is 0. The maximum Gasteiger partial charge on any atom is 0.321 e. The molecule has 0 fully saturated rings. The quantitative estimate of drug-likeness (QED) is 0.577. The van der Waals surface area contributed by atoms with Gasteiger partial charge in [-0.05, 0) is 19.9 Å². The van der Waals surface area contributed by atoms with Crippen molar-refractivity contribution in [2.75, 3.05) is 6.54 Å². The molecule has 0 unspecified atom stereocenters. The number of carbonyl (C=O) groups excluding carboxylic acids is 1. The Morgan fingerprint density at radius 1 is 1.70 bits per heavy atom. The SMILES string of the molecule is CC(C)N1CC=CNC1=O. The summed E-state index contributed by atoms with van der Waals surface area (Å²) in [6, 6.07) is 0.280. The fourth-order valence-electron chi connectivity index (χ4n) is 0.908. The molecule has 10 heavy (non-hydrogen) atoms. The molecular formula is C7H12N2O. The van der Waals surface area contributed by atoms with E-state index in [1.807, 2.05) is 19.9 Å². The summed E-state index contributed by atoms with van der Waals surface area (Å²) in [7, 11) is 0. The van der Waals surface area contributed by atoms with Crippen molar-refractivity contribution in [3.8, 4) is 0 Å². The van der Waals surface area contributed by atoms with Crippen molar-refractivity contribution in [2.45, 2.75) is 19.9 Å². The highest BCUT2D eigenvalue weighted by Crippen LogP contribution is 2.01. The zero-order valence-electron chi connectivity index (χ0n) is 6.29. The average Bonchev–Trinajstić information content (AvgIpc) is 1.88. The van der Waals surface area contributed by atoms with Crippen LogP contribution in [0.1, 0.15) is 13.8 Å². The number of nitrogens with zero attached hydrogens (tertiary/aromatic N) is 1. The summed E-state index contributed by atoms with van der Waals surface area (Å²) >= 11 is 0. The van der Waals surface area contributed by atoms with Crippen LogP contribution in [-0.2, 0) is 0 Å². The molecule has 0 aliphatic carbocycles. The van der Waals surface area contributed by atoms with E-state index in [1.165, 1.54) is 0 Å². The van der Waals surface area contributed by atoms with Crippen molar-refractivity contribution in [1.82, 2.24) is 10.2 Å². The second-order valence-electron chi connectivity index (χ2n) is 2.60. The van der Waals surface area contributed by atoms with E-state index in [-0.39, 0.29) is 12.1 Å². The number of hydrogen-bond acceptors (Lipinski definition) is 1. The highest BCUT2D eigenvalue weighted by atomic mass is 16.2. The Balaban J connectivity index is 2.59. The van der Waals surface area contributed by atoms with E-state index in [4.69, 9.17) is 0 Å². The first-order valence-corrected chi connectivity index (χ1v) is 3.44. The molecule has 3 nitrogen and oxygen atoms in total. The summed E-state index contributed by atoms with van der Waals surface area (Å²) in [6.45, 7) is 4.72. The zero-order valence-corrected chi connectivity index (χ0v) is 6.29.